The summed E-state index contributed by atoms with van der Waals surface area (Å²) in [5.74, 6) is -0.322. The average molecular weight is 207 g/mol. The van der Waals surface area contributed by atoms with Crippen molar-refractivity contribution in [1.29, 1.82) is 0 Å². The third-order valence-electron chi connectivity index (χ3n) is 1.24. The molecule has 0 aliphatic rings. The number of amides is 1. The van der Waals surface area contributed by atoms with Crippen LogP contribution in [0.15, 0.2) is 0 Å². The highest BCUT2D eigenvalue weighted by molar-refractivity contribution is 5.75. The molecule has 14 heavy (non-hydrogen) atoms. The van der Waals surface area contributed by atoms with Crippen LogP contribution in [0.25, 0.3) is 0 Å². The van der Waals surface area contributed by atoms with Gasteiger partial charge in [-0.05, 0) is 0 Å². The molecule has 0 aromatic rings. The zero-order valence-corrected chi connectivity index (χ0v) is 8.58. The van der Waals surface area contributed by atoms with E-state index in [0.29, 0.717) is 26.4 Å². The fraction of sp³-hybridized carbons (Fsp3) is 0.875. The fourth-order valence-electron chi connectivity index (χ4n) is 0.593. The number of hydrogen-bond acceptors (Lipinski definition) is 5. The molecule has 0 unspecified atom stereocenters. The van der Waals surface area contributed by atoms with Gasteiger partial charge in [0.1, 0.15) is 6.61 Å². The van der Waals surface area contributed by atoms with E-state index in [0.717, 1.165) is 0 Å². The summed E-state index contributed by atoms with van der Waals surface area (Å²) in [6, 6.07) is 0. The molecule has 0 aliphatic heterocycles. The van der Waals surface area contributed by atoms with Gasteiger partial charge in [-0.25, -0.2) is 5.48 Å². The Hall–Kier alpha value is -0.690. The molecule has 0 spiro atoms. The van der Waals surface area contributed by atoms with Gasteiger partial charge in [0.2, 0.25) is 0 Å². The maximum atomic E-state index is 10.9. The highest BCUT2D eigenvalue weighted by atomic mass is 16.7. The first-order valence-electron chi connectivity index (χ1n) is 4.27. The summed E-state index contributed by atoms with van der Waals surface area (Å²) >= 11 is 0. The van der Waals surface area contributed by atoms with E-state index in [1.165, 1.54) is 0 Å². The van der Waals surface area contributed by atoms with Gasteiger partial charge in [-0.15, -0.1) is 0 Å². The molecule has 0 heterocycles. The lowest BCUT2D eigenvalue weighted by Crippen LogP contribution is -2.29. The van der Waals surface area contributed by atoms with Crippen molar-refractivity contribution in [2.75, 3.05) is 47.3 Å². The van der Waals surface area contributed by atoms with E-state index >= 15 is 0 Å². The van der Waals surface area contributed by atoms with E-state index in [1.54, 1.807) is 14.2 Å². The molecule has 1 N–H and O–H groups in total. The second kappa shape index (κ2) is 10.4. The van der Waals surface area contributed by atoms with E-state index in [1.807, 2.05) is 0 Å². The van der Waals surface area contributed by atoms with Crippen LogP contribution in [0.5, 0.6) is 0 Å². The second-order valence-electron chi connectivity index (χ2n) is 2.41. The van der Waals surface area contributed by atoms with Gasteiger partial charge in [0.15, 0.2) is 0 Å². The molecule has 6 nitrogen and oxygen atoms in total. The van der Waals surface area contributed by atoms with Gasteiger partial charge in [-0.2, -0.15) is 0 Å². The van der Waals surface area contributed by atoms with Crippen molar-refractivity contribution >= 4 is 5.91 Å². The number of carbonyl (C=O) groups excluding carboxylic acids is 1. The van der Waals surface area contributed by atoms with Crippen molar-refractivity contribution < 1.29 is 23.8 Å². The quantitative estimate of drug-likeness (QED) is 0.402. The molecule has 0 atom stereocenters. The molecular formula is C8H17NO5. The van der Waals surface area contributed by atoms with E-state index in [9.17, 15) is 4.79 Å². The minimum Gasteiger partial charge on any atom is -0.382 e. The monoisotopic (exact) mass is 207 g/mol. The van der Waals surface area contributed by atoms with Crippen molar-refractivity contribution in [3.05, 3.63) is 0 Å². The smallest absolute Gasteiger partial charge is 0.269 e. The minimum atomic E-state index is -0.322. The first kappa shape index (κ1) is 13.3. The molecule has 0 saturated heterocycles. The molecule has 0 saturated carbocycles. The van der Waals surface area contributed by atoms with E-state index in [2.05, 4.69) is 5.48 Å². The number of methoxy groups -OCH3 is 2. The average Bonchev–Trinajstić information content (AvgIpc) is 2.19. The SMILES string of the molecule is COCCOCC(=O)NOCCOC. The number of carbonyl (C=O) groups is 1. The fourth-order valence-corrected chi connectivity index (χ4v) is 0.593. The molecule has 0 bridgehead atoms. The van der Waals surface area contributed by atoms with E-state index in [4.69, 9.17) is 19.0 Å². The van der Waals surface area contributed by atoms with Crippen LogP contribution in [0.4, 0.5) is 0 Å². The second-order valence-corrected chi connectivity index (χ2v) is 2.41. The van der Waals surface area contributed by atoms with Crippen LogP contribution < -0.4 is 5.48 Å². The third kappa shape index (κ3) is 9.40. The Kier molecular flexibility index (Phi) is 9.88. The van der Waals surface area contributed by atoms with Crippen molar-refractivity contribution in [2.24, 2.45) is 0 Å². The molecule has 0 rings (SSSR count). The predicted molar refractivity (Wildman–Crippen MR) is 48.7 cm³/mol. The van der Waals surface area contributed by atoms with Crippen LogP contribution in [-0.4, -0.2) is 53.2 Å². The van der Waals surface area contributed by atoms with Crippen molar-refractivity contribution in [3.8, 4) is 0 Å². The van der Waals surface area contributed by atoms with Gasteiger partial charge in [0.25, 0.3) is 5.91 Å². The number of rotatable bonds is 9. The number of ether oxygens (including phenoxy) is 3. The molecule has 0 aliphatic carbocycles. The Morgan fingerprint density at radius 2 is 1.71 bits per heavy atom. The highest BCUT2D eigenvalue weighted by Crippen LogP contribution is 1.77. The summed E-state index contributed by atoms with van der Waals surface area (Å²) in [5, 5.41) is 0. The molecule has 0 aromatic carbocycles. The first-order valence-corrected chi connectivity index (χ1v) is 4.27. The topological polar surface area (TPSA) is 66.0 Å². The summed E-state index contributed by atoms with van der Waals surface area (Å²) in [7, 11) is 3.12. The number of hydrogen-bond donors (Lipinski definition) is 1. The Bertz CT molecular complexity index is 128. The Labute approximate surface area is 83.4 Å². The normalized spacial score (nSPS) is 10.1. The number of nitrogens with one attached hydrogen (secondary N) is 1. The van der Waals surface area contributed by atoms with Crippen LogP contribution in [-0.2, 0) is 23.8 Å². The van der Waals surface area contributed by atoms with Gasteiger partial charge in [0.05, 0.1) is 26.4 Å². The molecule has 0 fully saturated rings. The van der Waals surface area contributed by atoms with Gasteiger partial charge in [-0.1, -0.05) is 0 Å². The van der Waals surface area contributed by atoms with Crippen molar-refractivity contribution in [1.82, 2.24) is 5.48 Å². The van der Waals surface area contributed by atoms with Crippen LogP contribution in [0.2, 0.25) is 0 Å². The lowest BCUT2D eigenvalue weighted by molar-refractivity contribution is -0.139. The first-order chi connectivity index (χ1) is 6.81. The van der Waals surface area contributed by atoms with Gasteiger partial charge < -0.3 is 14.2 Å². The molecule has 84 valence electrons. The van der Waals surface area contributed by atoms with Crippen LogP contribution >= 0.6 is 0 Å². The Balaban J connectivity index is 3.11. The summed E-state index contributed by atoms with van der Waals surface area (Å²) in [6.07, 6.45) is 0. The molecule has 1 amide bonds. The summed E-state index contributed by atoms with van der Waals surface area (Å²) in [4.78, 5) is 15.7. The third-order valence-corrected chi connectivity index (χ3v) is 1.24. The summed E-state index contributed by atoms with van der Waals surface area (Å²) < 4.78 is 14.4. The maximum Gasteiger partial charge on any atom is 0.269 e. The lowest BCUT2D eigenvalue weighted by atomic mass is 10.6. The molecule has 6 heteroatoms. The zero-order valence-electron chi connectivity index (χ0n) is 8.58. The highest BCUT2D eigenvalue weighted by Gasteiger charge is 1.99. The standard InChI is InChI=1S/C8H17NO5/c1-11-3-5-13-7-8(10)9-14-6-4-12-2/h3-7H2,1-2H3,(H,9,10). The van der Waals surface area contributed by atoms with Gasteiger partial charge in [0, 0.05) is 14.2 Å². The minimum absolute atomic E-state index is 0.0314. The van der Waals surface area contributed by atoms with E-state index < -0.39 is 0 Å². The predicted octanol–water partition coefficient (Wildman–Crippen LogP) is -0.656. The largest absolute Gasteiger partial charge is 0.382 e. The van der Waals surface area contributed by atoms with Gasteiger partial charge in [-0.3, -0.25) is 9.63 Å². The zero-order chi connectivity index (χ0) is 10.6. The summed E-state index contributed by atoms with van der Waals surface area (Å²) in [5.41, 5.74) is 2.21. The van der Waals surface area contributed by atoms with E-state index in [-0.39, 0.29) is 12.5 Å². The van der Waals surface area contributed by atoms with Crippen molar-refractivity contribution in [3.63, 3.8) is 0 Å². The molecule has 0 radical (unpaired) electrons. The van der Waals surface area contributed by atoms with Crippen LogP contribution in [0, 0.1) is 0 Å². The Morgan fingerprint density at radius 3 is 2.36 bits per heavy atom. The molecular weight excluding hydrogens is 190 g/mol. The Morgan fingerprint density at radius 1 is 1.07 bits per heavy atom. The molecule has 0 aromatic heterocycles. The number of hydroxylamine groups is 1. The van der Waals surface area contributed by atoms with Crippen LogP contribution in [0.1, 0.15) is 0 Å². The van der Waals surface area contributed by atoms with Crippen molar-refractivity contribution in [2.45, 2.75) is 0 Å². The van der Waals surface area contributed by atoms with Gasteiger partial charge >= 0.3 is 0 Å². The lowest BCUT2D eigenvalue weighted by Gasteiger charge is -2.05. The maximum absolute atomic E-state index is 10.9. The summed E-state index contributed by atoms with van der Waals surface area (Å²) in [6.45, 7) is 1.58. The van der Waals surface area contributed by atoms with Crippen LogP contribution in [0.3, 0.4) is 0 Å².